The van der Waals surface area contributed by atoms with Crippen molar-refractivity contribution in [2.24, 2.45) is 0 Å². The van der Waals surface area contributed by atoms with Crippen molar-refractivity contribution in [1.82, 2.24) is 5.32 Å². The topological polar surface area (TPSA) is 75.3 Å². The molecule has 6 heteroatoms. The predicted octanol–water partition coefficient (Wildman–Crippen LogP) is 3.94. The molecular formula is C20H26N2O3S. The molecule has 0 unspecified atom stereocenters. The van der Waals surface area contributed by atoms with Gasteiger partial charge in [-0.15, -0.1) is 0 Å². The van der Waals surface area contributed by atoms with E-state index in [0.29, 0.717) is 16.7 Å². The highest BCUT2D eigenvalue weighted by atomic mass is 32.2. The van der Waals surface area contributed by atoms with Gasteiger partial charge >= 0.3 is 0 Å². The van der Waals surface area contributed by atoms with Crippen molar-refractivity contribution in [2.75, 3.05) is 4.72 Å². The molecule has 0 bridgehead atoms. The minimum atomic E-state index is -3.81. The predicted molar refractivity (Wildman–Crippen MR) is 105 cm³/mol. The average Bonchev–Trinajstić information content (AvgIpc) is 2.53. The molecule has 0 aliphatic rings. The third kappa shape index (κ3) is 4.43. The molecule has 0 radical (unpaired) electrons. The molecule has 0 spiro atoms. The van der Waals surface area contributed by atoms with Gasteiger partial charge in [-0.05, 0) is 57.4 Å². The van der Waals surface area contributed by atoms with Gasteiger partial charge in [-0.25, -0.2) is 8.42 Å². The van der Waals surface area contributed by atoms with E-state index < -0.39 is 10.0 Å². The number of sulfonamides is 1. The van der Waals surface area contributed by atoms with Gasteiger partial charge in [-0.3, -0.25) is 9.52 Å². The molecule has 1 atom stereocenters. The van der Waals surface area contributed by atoms with Crippen LogP contribution in [0, 0.1) is 20.8 Å². The molecule has 0 saturated heterocycles. The lowest BCUT2D eigenvalue weighted by molar-refractivity contribution is 0.0940. The first-order chi connectivity index (χ1) is 12.2. The Labute approximate surface area is 155 Å². The summed E-state index contributed by atoms with van der Waals surface area (Å²) in [6.07, 6.45) is 0.793. The van der Waals surface area contributed by atoms with Crippen LogP contribution in [0.1, 0.15) is 47.3 Å². The number of aryl methyl sites for hydroxylation is 3. The molecule has 2 N–H and O–H groups in total. The van der Waals surface area contributed by atoms with Crippen LogP contribution < -0.4 is 10.0 Å². The molecule has 2 aromatic rings. The number of benzene rings is 2. The first-order valence-corrected chi connectivity index (χ1v) is 10.1. The van der Waals surface area contributed by atoms with Crippen LogP contribution in [0.2, 0.25) is 0 Å². The molecule has 26 heavy (non-hydrogen) atoms. The summed E-state index contributed by atoms with van der Waals surface area (Å²) in [4.78, 5) is 12.7. The fraction of sp³-hybridized carbons (Fsp3) is 0.350. The Morgan fingerprint density at radius 1 is 1.08 bits per heavy atom. The Hall–Kier alpha value is -2.34. The summed E-state index contributed by atoms with van der Waals surface area (Å²) in [7, 11) is -3.81. The number of hydrogen-bond acceptors (Lipinski definition) is 3. The maximum Gasteiger partial charge on any atom is 0.262 e. The number of rotatable bonds is 6. The highest BCUT2D eigenvalue weighted by Gasteiger charge is 2.22. The van der Waals surface area contributed by atoms with Crippen LogP contribution in [-0.2, 0) is 10.0 Å². The van der Waals surface area contributed by atoms with Gasteiger partial charge in [0.15, 0.2) is 0 Å². The van der Waals surface area contributed by atoms with E-state index in [1.54, 1.807) is 38.1 Å². The molecule has 0 saturated carbocycles. The van der Waals surface area contributed by atoms with E-state index in [2.05, 4.69) is 10.0 Å². The zero-order valence-electron chi connectivity index (χ0n) is 15.9. The molecule has 0 heterocycles. The van der Waals surface area contributed by atoms with Crippen LogP contribution in [0.3, 0.4) is 0 Å². The molecule has 0 aliphatic carbocycles. The van der Waals surface area contributed by atoms with Gasteiger partial charge in [-0.1, -0.05) is 36.8 Å². The molecule has 2 aromatic carbocycles. The van der Waals surface area contributed by atoms with E-state index in [0.717, 1.165) is 12.0 Å². The number of amides is 1. The monoisotopic (exact) mass is 374 g/mol. The SMILES string of the molecule is CC[C@H](C)NC(=O)c1ccccc1NS(=O)(=O)c1c(C)cc(C)cc1C. The third-order valence-corrected chi connectivity index (χ3v) is 5.95. The van der Waals surface area contributed by atoms with E-state index >= 15 is 0 Å². The first kappa shape index (κ1) is 20.0. The van der Waals surface area contributed by atoms with Gasteiger partial charge < -0.3 is 5.32 Å². The van der Waals surface area contributed by atoms with Gasteiger partial charge in [0.1, 0.15) is 0 Å². The fourth-order valence-electron chi connectivity index (χ4n) is 2.96. The molecule has 2 rings (SSSR count). The van der Waals surface area contributed by atoms with E-state index in [-0.39, 0.29) is 22.5 Å². The number of carbonyl (C=O) groups excluding carboxylic acids is 1. The second kappa shape index (κ2) is 7.91. The van der Waals surface area contributed by atoms with Gasteiger partial charge in [0.05, 0.1) is 16.1 Å². The number of hydrogen-bond donors (Lipinski definition) is 2. The van der Waals surface area contributed by atoms with E-state index in [1.807, 2.05) is 32.9 Å². The third-order valence-electron chi connectivity index (χ3n) is 4.28. The van der Waals surface area contributed by atoms with Crippen LogP contribution in [0.5, 0.6) is 0 Å². The van der Waals surface area contributed by atoms with Crippen LogP contribution in [0.4, 0.5) is 5.69 Å². The summed E-state index contributed by atoms with van der Waals surface area (Å²) < 4.78 is 28.5. The lowest BCUT2D eigenvalue weighted by Crippen LogP contribution is -2.32. The second-order valence-corrected chi connectivity index (χ2v) is 8.28. The number of nitrogens with one attached hydrogen (secondary N) is 2. The summed E-state index contributed by atoms with van der Waals surface area (Å²) in [5.74, 6) is -0.296. The summed E-state index contributed by atoms with van der Waals surface area (Å²) in [6, 6.07) is 10.3. The maximum absolute atomic E-state index is 13.0. The van der Waals surface area contributed by atoms with Gasteiger partial charge in [0.25, 0.3) is 15.9 Å². The van der Waals surface area contributed by atoms with Crippen LogP contribution in [0.15, 0.2) is 41.3 Å². The van der Waals surface area contributed by atoms with Crippen LogP contribution >= 0.6 is 0 Å². The van der Waals surface area contributed by atoms with Crippen molar-refractivity contribution in [3.05, 3.63) is 58.7 Å². The molecule has 0 aromatic heterocycles. The number of para-hydroxylation sites is 1. The first-order valence-electron chi connectivity index (χ1n) is 8.66. The second-order valence-electron chi connectivity index (χ2n) is 6.66. The smallest absolute Gasteiger partial charge is 0.262 e. The Kier molecular flexibility index (Phi) is 6.08. The van der Waals surface area contributed by atoms with Crippen molar-refractivity contribution < 1.29 is 13.2 Å². The summed E-state index contributed by atoms with van der Waals surface area (Å²) >= 11 is 0. The standard InChI is InChI=1S/C20H26N2O3S/c1-6-16(5)21-20(23)17-9-7-8-10-18(17)22-26(24,25)19-14(3)11-13(2)12-15(19)4/h7-12,16,22H,6H2,1-5H3,(H,21,23)/t16-/m0/s1. The van der Waals surface area contributed by atoms with Gasteiger partial charge in [0.2, 0.25) is 0 Å². The lowest BCUT2D eigenvalue weighted by atomic mass is 10.1. The van der Waals surface area contributed by atoms with Crippen molar-refractivity contribution in [3.63, 3.8) is 0 Å². The highest BCUT2D eigenvalue weighted by molar-refractivity contribution is 7.92. The Balaban J connectivity index is 2.41. The molecular weight excluding hydrogens is 348 g/mol. The van der Waals surface area contributed by atoms with Gasteiger partial charge in [-0.2, -0.15) is 0 Å². The zero-order valence-corrected chi connectivity index (χ0v) is 16.7. The molecule has 5 nitrogen and oxygen atoms in total. The highest BCUT2D eigenvalue weighted by Crippen LogP contribution is 2.26. The largest absolute Gasteiger partial charge is 0.350 e. The van der Waals surface area contributed by atoms with Crippen molar-refractivity contribution >= 4 is 21.6 Å². The average molecular weight is 375 g/mol. The quantitative estimate of drug-likeness (QED) is 0.804. The minimum absolute atomic E-state index is 0.00810. The molecule has 0 fully saturated rings. The summed E-state index contributed by atoms with van der Waals surface area (Å²) in [5.41, 5.74) is 2.94. The number of anilines is 1. The lowest BCUT2D eigenvalue weighted by Gasteiger charge is -2.17. The summed E-state index contributed by atoms with van der Waals surface area (Å²) in [5, 5.41) is 2.87. The zero-order chi connectivity index (χ0) is 19.5. The van der Waals surface area contributed by atoms with E-state index in [1.165, 1.54) is 0 Å². The van der Waals surface area contributed by atoms with Crippen molar-refractivity contribution in [2.45, 2.75) is 52.0 Å². The number of carbonyl (C=O) groups is 1. The normalized spacial score (nSPS) is 12.5. The molecule has 140 valence electrons. The van der Waals surface area contributed by atoms with E-state index in [4.69, 9.17) is 0 Å². The Bertz CT molecular complexity index is 897. The molecule has 1 amide bonds. The Morgan fingerprint density at radius 3 is 2.23 bits per heavy atom. The van der Waals surface area contributed by atoms with Crippen molar-refractivity contribution in [3.8, 4) is 0 Å². The molecule has 0 aliphatic heterocycles. The maximum atomic E-state index is 13.0. The minimum Gasteiger partial charge on any atom is -0.350 e. The van der Waals surface area contributed by atoms with Crippen LogP contribution in [-0.4, -0.2) is 20.4 Å². The fourth-order valence-corrected chi connectivity index (χ4v) is 4.50. The van der Waals surface area contributed by atoms with E-state index in [9.17, 15) is 13.2 Å². The van der Waals surface area contributed by atoms with Gasteiger partial charge in [0, 0.05) is 6.04 Å². The van der Waals surface area contributed by atoms with Crippen LogP contribution in [0.25, 0.3) is 0 Å². The van der Waals surface area contributed by atoms with Crippen molar-refractivity contribution in [1.29, 1.82) is 0 Å². The Morgan fingerprint density at radius 2 is 1.65 bits per heavy atom. The summed E-state index contributed by atoms with van der Waals surface area (Å²) in [6.45, 7) is 9.36.